The van der Waals surface area contributed by atoms with Crippen molar-refractivity contribution in [2.75, 3.05) is 0 Å². The topological polar surface area (TPSA) is 72.6 Å². The van der Waals surface area contributed by atoms with Gasteiger partial charge in [-0.1, -0.05) is 35.9 Å². The van der Waals surface area contributed by atoms with Crippen molar-refractivity contribution >= 4 is 33.2 Å². The quantitative estimate of drug-likeness (QED) is 0.634. The summed E-state index contributed by atoms with van der Waals surface area (Å²) in [4.78, 5) is 10.5. The minimum atomic E-state index is -0.541. The third-order valence-corrected chi connectivity index (χ3v) is 3.58. The summed E-state index contributed by atoms with van der Waals surface area (Å²) in [6.45, 7) is 0.141. The maximum Gasteiger partial charge on any atom is 0.313 e. The molecule has 0 atom stereocenters. The first-order valence-corrected chi connectivity index (χ1v) is 7.13. The number of rotatable bonds is 5. The van der Waals surface area contributed by atoms with Crippen LogP contribution in [-0.2, 0) is 13.2 Å². The molecule has 0 heterocycles. The first kappa shape index (κ1) is 15.8. The van der Waals surface area contributed by atoms with Crippen molar-refractivity contribution in [2.24, 2.45) is 0 Å². The van der Waals surface area contributed by atoms with Gasteiger partial charge < -0.3 is 9.84 Å². The van der Waals surface area contributed by atoms with Gasteiger partial charge in [0.15, 0.2) is 0 Å². The number of hydrogen-bond acceptors (Lipinski definition) is 4. The van der Waals surface area contributed by atoms with Gasteiger partial charge in [0.1, 0.15) is 6.61 Å². The van der Waals surface area contributed by atoms with Crippen LogP contribution in [0.4, 0.5) is 5.69 Å². The summed E-state index contributed by atoms with van der Waals surface area (Å²) in [6.07, 6.45) is 0. The Balaban J connectivity index is 2.20. The van der Waals surface area contributed by atoms with Crippen molar-refractivity contribution in [1.82, 2.24) is 0 Å². The smallest absolute Gasteiger partial charge is 0.313 e. The highest BCUT2D eigenvalue weighted by atomic mass is 79.9. The van der Waals surface area contributed by atoms with Gasteiger partial charge in [-0.05, 0) is 33.1 Å². The number of halogens is 2. The Kier molecular flexibility index (Phi) is 5.17. The zero-order valence-electron chi connectivity index (χ0n) is 10.8. The third-order valence-electron chi connectivity index (χ3n) is 2.77. The maximum absolute atomic E-state index is 11.0. The Hall–Kier alpha value is -1.63. The number of nitro groups is 1. The number of nitrogens with zero attached hydrogens (tertiary/aromatic N) is 1. The van der Waals surface area contributed by atoms with Crippen molar-refractivity contribution in [3.63, 3.8) is 0 Å². The van der Waals surface area contributed by atoms with E-state index in [-0.39, 0.29) is 29.7 Å². The number of ether oxygens (including phenoxy) is 1. The highest BCUT2D eigenvalue weighted by Gasteiger charge is 2.20. The zero-order valence-corrected chi connectivity index (χ0v) is 13.1. The Morgan fingerprint density at radius 1 is 1.24 bits per heavy atom. The van der Waals surface area contributed by atoms with Crippen molar-refractivity contribution in [2.45, 2.75) is 13.2 Å². The largest absolute Gasteiger partial charge is 0.481 e. The van der Waals surface area contributed by atoms with E-state index in [1.54, 1.807) is 30.3 Å². The lowest BCUT2D eigenvalue weighted by Gasteiger charge is -2.09. The first-order chi connectivity index (χ1) is 10.0. The molecule has 2 aromatic carbocycles. The fourth-order valence-electron chi connectivity index (χ4n) is 1.72. The van der Waals surface area contributed by atoms with Crippen LogP contribution in [0.1, 0.15) is 11.1 Å². The molecule has 0 saturated carbocycles. The molecule has 0 spiro atoms. The van der Waals surface area contributed by atoms with Crippen molar-refractivity contribution in [3.05, 3.63) is 67.1 Å². The lowest BCUT2D eigenvalue weighted by Crippen LogP contribution is -2.00. The van der Waals surface area contributed by atoms with E-state index in [1.807, 2.05) is 0 Å². The molecule has 0 aliphatic carbocycles. The van der Waals surface area contributed by atoms with Crippen LogP contribution in [0.5, 0.6) is 5.75 Å². The van der Waals surface area contributed by atoms with E-state index in [1.165, 1.54) is 6.07 Å². The summed E-state index contributed by atoms with van der Waals surface area (Å²) in [5.41, 5.74) is 1.43. The second kappa shape index (κ2) is 6.89. The molecule has 110 valence electrons. The van der Waals surface area contributed by atoms with Gasteiger partial charge in [0.05, 0.1) is 16.0 Å². The number of nitro benzene ring substituents is 1. The minimum absolute atomic E-state index is 0.0324. The van der Waals surface area contributed by atoms with Gasteiger partial charge in [-0.2, -0.15) is 0 Å². The maximum atomic E-state index is 11.0. The number of benzene rings is 2. The summed E-state index contributed by atoms with van der Waals surface area (Å²) in [5.74, 6) is 0.135. The third kappa shape index (κ3) is 3.93. The molecule has 0 aromatic heterocycles. The molecule has 0 amide bonds. The van der Waals surface area contributed by atoms with Crippen LogP contribution in [-0.4, -0.2) is 10.0 Å². The van der Waals surface area contributed by atoms with Crippen molar-refractivity contribution in [1.29, 1.82) is 0 Å². The van der Waals surface area contributed by atoms with Crippen LogP contribution < -0.4 is 4.74 Å². The number of aliphatic hydroxyl groups excluding tert-OH is 1. The summed E-state index contributed by atoms with van der Waals surface area (Å²) >= 11 is 9.02. The molecule has 0 unspecified atom stereocenters. The highest BCUT2D eigenvalue weighted by Crippen LogP contribution is 2.38. The highest BCUT2D eigenvalue weighted by molar-refractivity contribution is 9.10. The van der Waals surface area contributed by atoms with Crippen LogP contribution in [0.25, 0.3) is 0 Å². The van der Waals surface area contributed by atoms with Gasteiger partial charge in [0.25, 0.3) is 0 Å². The average molecular weight is 373 g/mol. The lowest BCUT2D eigenvalue weighted by atomic mass is 10.1. The second-order valence-electron chi connectivity index (χ2n) is 4.26. The first-order valence-electron chi connectivity index (χ1n) is 5.96. The summed E-state index contributed by atoms with van der Waals surface area (Å²) in [7, 11) is 0. The second-order valence-corrected chi connectivity index (χ2v) is 5.55. The SMILES string of the molecule is O=[N+]([O-])c1cc(Cl)cc(Br)c1OCc1ccc(CO)cc1. The molecule has 2 aromatic rings. The zero-order chi connectivity index (χ0) is 15.4. The fraction of sp³-hybridized carbons (Fsp3) is 0.143. The summed E-state index contributed by atoms with van der Waals surface area (Å²) in [6, 6.07) is 9.91. The van der Waals surface area contributed by atoms with Gasteiger partial charge in [-0.15, -0.1) is 0 Å². The van der Waals surface area contributed by atoms with E-state index in [9.17, 15) is 10.1 Å². The molecule has 5 nitrogen and oxygen atoms in total. The molecule has 1 N–H and O–H groups in total. The molecule has 2 rings (SSSR count). The molecule has 21 heavy (non-hydrogen) atoms. The lowest BCUT2D eigenvalue weighted by molar-refractivity contribution is -0.386. The van der Waals surface area contributed by atoms with Gasteiger partial charge >= 0.3 is 5.69 Å². The van der Waals surface area contributed by atoms with Gasteiger partial charge in [-0.3, -0.25) is 10.1 Å². The van der Waals surface area contributed by atoms with Gasteiger partial charge in [0.2, 0.25) is 5.75 Å². The molecule has 0 saturated heterocycles. The van der Waals surface area contributed by atoms with Crippen LogP contribution >= 0.6 is 27.5 Å². The number of aliphatic hydroxyl groups is 1. The monoisotopic (exact) mass is 371 g/mol. The van der Waals surface area contributed by atoms with E-state index >= 15 is 0 Å². The predicted molar refractivity (Wildman–Crippen MR) is 82.5 cm³/mol. The molecule has 0 aliphatic rings. The Labute approximate surface area is 134 Å². The van der Waals surface area contributed by atoms with Crippen LogP contribution in [0.3, 0.4) is 0 Å². The molecule has 0 aliphatic heterocycles. The van der Waals surface area contributed by atoms with Crippen LogP contribution in [0.2, 0.25) is 5.02 Å². The summed E-state index contributed by atoms with van der Waals surface area (Å²) in [5, 5.41) is 20.3. The van der Waals surface area contributed by atoms with Gasteiger partial charge in [-0.25, -0.2) is 0 Å². The average Bonchev–Trinajstić information content (AvgIpc) is 2.46. The Morgan fingerprint density at radius 3 is 2.43 bits per heavy atom. The standard InChI is InChI=1S/C14H11BrClNO4/c15-12-5-11(16)6-13(17(19)20)14(12)21-8-10-3-1-9(7-18)2-4-10/h1-6,18H,7-8H2. The predicted octanol–water partition coefficient (Wildman–Crippen LogP) is 4.08. The van der Waals surface area contributed by atoms with E-state index in [0.29, 0.717) is 4.47 Å². The summed E-state index contributed by atoms with van der Waals surface area (Å²) < 4.78 is 5.96. The molecule has 0 radical (unpaired) electrons. The molecule has 0 fully saturated rings. The Bertz CT molecular complexity index is 661. The van der Waals surface area contributed by atoms with E-state index < -0.39 is 4.92 Å². The molecule has 0 bridgehead atoms. The fourth-order valence-corrected chi connectivity index (χ4v) is 2.63. The van der Waals surface area contributed by atoms with Gasteiger partial charge in [0, 0.05) is 11.1 Å². The number of hydrogen-bond donors (Lipinski definition) is 1. The van der Waals surface area contributed by atoms with Crippen molar-refractivity contribution < 1.29 is 14.8 Å². The van der Waals surface area contributed by atoms with E-state index in [4.69, 9.17) is 21.4 Å². The molecular weight excluding hydrogens is 362 g/mol. The molecular formula is C14H11BrClNO4. The Morgan fingerprint density at radius 2 is 1.86 bits per heavy atom. The van der Waals surface area contributed by atoms with Crippen molar-refractivity contribution in [3.8, 4) is 5.75 Å². The normalized spacial score (nSPS) is 10.4. The minimum Gasteiger partial charge on any atom is -0.481 e. The van der Waals surface area contributed by atoms with E-state index in [2.05, 4.69) is 15.9 Å². The van der Waals surface area contributed by atoms with E-state index in [0.717, 1.165) is 11.1 Å². The van der Waals surface area contributed by atoms with Crippen LogP contribution in [0, 0.1) is 10.1 Å². The van der Waals surface area contributed by atoms with Crippen LogP contribution in [0.15, 0.2) is 40.9 Å². The molecule has 7 heteroatoms.